The number of benzene rings is 1. The van der Waals surface area contributed by atoms with Gasteiger partial charge in [-0.05, 0) is 43.9 Å². The van der Waals surface area contributed by atoms with Gasteiger partial charge >= 0.3 is 6.09 Å². The highest BCUT2D eigenvalue weighted by Gasteiger charge is 2.61. The third-order valence-corrected chi connectivity index (χ3v) is 5.52. The number of ketones is 1. The average molecular weight is 389 g/mol. The number of Topliss-reactive ketones (excluding diaryl/α,β-unsaturated/α-hetero) is 1. The molecule has 3 atom stereocenters. The van der Waals surface area contributed by atoms with Crippen LogP contribution in [0.3, 0.4) is 0 Å². The molecule has 3 N–H and O–H groups in total. The molecule has 2 heterocycles. The van der Waals surface area contributed by atoms with Crippen molar-refractivity contribution in [1.82, 2.24) is 4.90 Å². The van der Waals surface area contributed by atoms with Crippen LogP contribution in [0.25, 0.3) is 0 Å². The summed E-state index contributed by atoms with van der Waals surface area (Å²) in [6, 6.07) is 7.92. The van der Waals surface area contributed by atoms with Crippen LogP contribution in [0.1, 0.15) is 25.8 Å². The number of carbonyl (C=O) groups excluding carboxylic acids is 3. The lowest BCUT2D eigenvalue weighted by atomic mass is 9.94. The number of likely N-dealkylation sites (tertiary alicyclic amines) is 1. The number of anilines is 1. The number of hydrogen-bond donors (Lipinski definition) is 2. The summed E-state index contributed by atoms with van der Waals surface area (Å²) in [5, 5.41) is 9.03. The zero-order valence-electron chi connectivity index (χ0n) is 16.3. The number of ether oxygens (including phenoxy) is 1. The second kappa shape index (κ2) is 7.89. The van der Waals surface area contributed by atoms with Crippen LogP contribution in [-0.4, -0.2) is 66.7 Å². The fourth-order valence-electron chi connectivity index (χ4n) is 4.05. The number of rotatable bonds is 4. The fraction of sp³-hybridized carbons (Fsp3) is 0.550. The molecule has 1 aromatic rings. The van der Waals surface area contributed by atoms with Gasteiger partial charge < -0.3 is 25.3 Å². The molecule has 0 spiro atoms. The van der Waals surface area contributed by atoms with Crippen molar-refractivity contribution in [2.75, 3.05) is 37.7 Å². The molecule has 3 unspecified atom stereocenters. The number of amides is 2. The van der Waals surface area contributed by atoms with E-state index in [1.165, 1.54) is 19.4 Å². The third kappa shape index (κ3) is 3.88. The molecule has 0 aromatic heterocycles. The van der Waals surface area contributed by atoms with Gasteiger partial charge in [0.05, 0.1) is 6.54 Å². The molecule has 1 saturated carbocycles. The first-order chi connectivity index (χ1) is 13.3. The highest BCUT2D eigenvalue weighted by atomic mass is 16.6. The normalized spacial score (nSPS) is 27.6. The van der Waals surface area contributed by atoms with Gasteiger partial charge in [-0.15, -0.1) is 0 Å². The largest absolute Gasteiger partial charge is 0.443 e. The van der Waals surface area contributed by atoms with Crippen molar-refractivity contribution in [2.45, 2.75) is 31.8 Å². The first-order valence-corrected chi connectivity index (χ1v) is 9.45. The van der Waals surface area contributed by atoms with Gasteiger partial charge in [0.25, 0.3) is 0 Å². The minimum atomic E-state index is -0.429. The van der Waals surface area contributed by atoms with Crippen molar-refractivity contribution in [3.05, 3.63) is 29.8 Å². The van der Waals surface area contributed by atoms with Crippen molar-refractivity contribution >= 4 is 23.5 Å². The van der Waals surface area contributed by atoms with E-state index in [1.54, 1.807) is 9.80 Å². The molecule has 2 amide bonds. The van der Waals surface area contributed by atoms with Crippen LogP contribution in [0, 0.1) is 5.92 Å². The predicted octanol–water partition coefficient (Wildman–Crippen LogP) is 0.658. The topological polar surface area (TPSA) is 113 Å². The number of piperidine rings is 1. The Kier molecular flexibility index (Phi) is 5.71. The first-order valence-electron chi connectivity index (χ1n) is 9.45. The average Bonchev–Trinajstić information content (AvgIpc) is 3.04. The number of aliphatic hydroxyl groups excluding tert-OH is 1. The molecule has 2 aliphatic heterocycles. The lowest BCUT2D eigenvalue weighted by Crippen LogP contribution is -2.34. The van der Waals surface area contributed by atoms with Gasteiger partial charge in [-0.1, -0.05) is 12.1 Å². The van der Waals surface area contributed by atoms with Crippen molar-refractivity contribution in [3.63, 3.8) is 0 Å². The monoisotopic (exact) mass is 389 g/mol. The Balaban J connectivity index is 0.000000516. The van der Waals surface area contributed by atoms with Crippen molar-refractivity contribution in [2.24, 2.45) is 11.7 Å². The predicted molar refractivity (Wildman–Crippen MR) is 103 cm³/mol. The van der Waals surface area contributed by atoms with Gasteiger partial charge in [-0.3, -0.25) is 9.69 Å². The quantitative estimate of drug-likeness (QED) is 0.782. The van der Waals surface area contributed by atoms with E-state index in [9.17, 15) is 14.4 Å². The molecule has 4 rings (SSSR count). The molecule has 8 nitrogen and oxygen atoms in total. The van der Waals surface area contributed by atoms with Gasteiger partial charge in [0.1, 0.15) is 18.5 Å². The van der Waals surface area contributed by atoms with Gasteiger partial charge in [0.15, 0.2) is 0 Å². The Bertz CT molecular complexity index is 762. The van der Waals surface area contributed by atoms with Crippen LogP contribution in [-0.2, 0) is 19.7 Å². The van der Waals surface area contributed by atoms with E-state index in [0.29, 0.717) is 25.6 Å². The standard InChI is InChI=1S/C17H21N3O4.C3H6O/c18-6-14-8-20(16(23)24-14)13-3-1-11(2-4-13)17-5-12(17)7-19(10-17)15(22)9-21;1-3(2)4/h1-4,12,14,21H,5-10,18H2;1-2H3. The molecule has 3 aliphatic rings. The number of nitrogens with zero attached hydrogens (tertiary/aromatic N) is 2. The van der Waals surface area contributed by atoms with E-state index in [2.05, 4.69) is 0 Å². The molecule has 152 valence electrons. The van der Waals surface area contributed by atoms with Gasteiger partial charge in [0.2, 0.25) is 5.91 Å². The second-order valence-corrected chi connectivity index (χ2v) is 7.80. The molecular weight excluding hydrogens is 362 g/mol. The van der Waals surface area contributed by atoms with Crippen LogP contribution >= 0.6 is 0 Å². The molecule has 8 heteroatoms. The highest BCUT2D eigenvalue weighted by Crippen LogP contribution is 2.59. The maximum absolute atomic E-state index is 11.9. The van der Waals surface area contributed by atoms with Crippen molar-refractivity contribution in [3.8, 4) is 0 Å². The Morgan fingerprint density at radius 2 is 1.89 bits per heavy atom. The van der Waals surface area contributed by atoms with Gasteiger partial charge in [0, 0.05) is 30.7 Å². The summed E-state index contributed by atoms with van der Waals surface area (Å²) in [6.07, 6.45) is 0.459. The molecule has 0 bridgehead atoms. The summed E-state index contributed by atoms with van der Waals surface area (Å²) < 4.78 is 5.18. The van der Waals surface area contributed by atoms with Crippen LogP contribution in [0.4, 0.5) is 10.5 Å². The van der Waals surface area contributed by atoms with E-state index in [4.69, 9.17) is 15.6 Å². The molecule has 2 saturated heterocycles. The Morgan fingerprint density at radius 1 is 1.25 bits per heavy atom. The summed E-state index contributed by atoms with van der Waals surface area (Å²) in [4.78, 5) is 36.4. The van der Waals surface area contributed by atoms with Gasteiger partial charge in [-0.2, -0.15) is 0 Å². The van der Waals surface area contributed by atoms with Crippen molar-refractivity contribution in [1.29, 1.82) is 0 Å². The zero-order valence-corrected chi connectivity index (χ0v) is 16.3. The van der Waals surface area contributed by atoms with Crippen LogP contribution in [0.15, 0.2) is 24.3 Å². The SMILES string of the molecule is CC(C)=O.NCC1CN(c2ccc(C34CC3CN(C(=O)CO)C4)cc2)C(=O)O1. The van der Waals surface area contributed by atoms with Gasteiger partial charge in [-0.25, -0.2) is 4.79 Å². The minimum absolute atomic E-state index is 0.0225. The van der Waals surface area contributed by atoms with Crippen LogP contribution < -0.4 is 10.6 Å². The second-order valence-electron chi connectivity index (χ2n) is 7.80. The number of hydrogen-bond acceptors (Lipinski definition) is 6. The number of fused-ring (bicyclic) bond motifs is 1. The highest BCUT2D eigenvalue weighted by molar-refractivity contribution is 5.89. The van der Waals surface area contributed by atoms with Crippen LogP contribution in [0.2, 0.25) is 0 Å². The molecule has 3 fully saturated rings. The summed E-state index contributed by atoms with van der Waals surface area (Å²) in [5.41, 5.74) is 7.57. The number of nitrogens with two attached hydrogens (primary N) is 1. The number of carbonyl (C=O) groups is 3. The number of aliphatic hydroxyl groups is 1. The van der Waals surface area contributed by atoms with Crippen LogP contribution in [0.5, 0.6) is 0 Å². The summed E-state index contributed by atoms with van der Waals surface area (Å²) in [6.45, 7) is 4.80. The van der Waals surface area contributed by atoms with E-state index in [-0.39, 0.29) is 29.3 Å². The maximum Gasteiger partial charge on any atom is 0.414 e. The smallest absolute Gasteiger partial charge is 0.414 e. The fourth-order valence-corrected chi connectivity index (χ4v) is 4.05. The summed E-state index contributed by atoms with van der Waals surface area (Å²) in [7, 11) is 0. The Morgan fingerprint density at radius 3 is 2.43 bits per heavy atom. The first kappa shape index (κ1) is 20.3. The van der Waals surface area contributed by atoms with E-state index < -0.39 is 6.61 Å². The lowest BCUT2D eigenvalue weighted by Gasteiger charge is -2.21. The molecule has 28 heavy (non-hydrogen) atoms. The molecular formula is C20H27N3O5. The summed E-state index contributed by atoms with van der Waals surface area (Å²) >= 11 is 0. The summed E-state index contributed by atoms with van der Waals surface area (Å²) in [5.74, 6) is 0.433. The molecule has 1 aliphatic carbocycles. The van der Waals surface area contributed by atoms with Crippen molar-refractivity contribution < 1.29 is 24.2 Å². The zero-order chi connectivity index (χ0) is 20.5. The number of cyclic esters (lactones) is 1. The van der Waals surface area contributed by atoms with E-state index in [1.807, 2.05) is 24.3 Å². The Labute approximate surface area is 164 Å². The molecule has 1 aromatic carbocycles. The minimum Gasteiger partial charge on any atom is -0.443 e. The molecule has 0 radical (unpaired) electrons. The Hall–Kier alpha value is -2.45. The third-order valence-electron chi connectivity index (χ3n) is 5.52. The lowest BCUT2D eigenvalue weighted by molar-refractivity contribution is -0.133. The van der Waals surface area contributed by atoms with E-state index in [0.717, 1.165) is 18.7 Å². The van der Waals surface area contributed by atoms with E-state index >= 15 is 0 Å². The maximum atomic E-state index is 11.9.